The molecule has 3 rings (SSSR count). The van der Waals surface area contributed by atoms with Crippen LogP contribution < -0.4 is 0 Å². The number of alkyl halides is 1. The van der Waals surface area contributed by atoms with E-state index < -0.39 is 0 Å². The maximum atomic E-state index is 6.28. The van der Waals surface area contributed by atoms with Crippen LogP contribution in [0.5, 0.6) is 0 Å². The van der Waals surface area contributed by atoms with E-state index in [1.54, 1.807) is 0 Å². The SMILES string of the molecule is ClCC(CB1C2CCCC1CCC2)c1ccccc1. The second kappa shape index (κ2) is 6.35. The molecule has 1 unspecified atom stereocenters. The van der Waals surface area contributed by atoms with Crippen molar-refractivity contribution in [1.29, 1.82) is 0 Å². The van der Waals surface area contributed by atoms with Crippen molar-refractivity contribution in [2.75, 3.05) is 5.88 Å². The molecule has 1 aromatic rings. The summed E-state index contributed by atoms with van der Waals surface area (Å²) >= 11 is 6.28. The van der Waals surface area contributed by atoms with E-state index >= 15 is 0 Å². The second-order valence-electron chi connectivity index (χ2n) is 6.54. The molecule has 2 heterocycles. The van der Waals surface area contributed by atoms with Crippen LogP contribution >= 0.6 is 11.6 Å². The minimum Gasteiger partial charge on any atom is -0.126 e. The number of fused-ring (bicyclic) bond motifs is 2. The molecule has 2 aliphatic heterocycles. The Hall–Kier alpha value is -0.425. The molecule has 0 nitrogen and oxygen atoms in total. The molecule has 0 amide bonds. The van der Waals surface area contributed by atoms with E-state index in [4.69, 9.17) is 11.6 Å². The van der Waals surface area contributed by atoms with E-state index in [0.717, 1.165) is 24.2 Å². The lowest BCUT2D eigenvalue weighted by Crippen LogP contribution is -2.35. The Morgan fingerprint density at radius 2 is 1.58 bits per heavy atom. The fourth-order valence-electron chi connectivity index (χ4n) is 4.54. The van der Waals surface area contributed by atoms with Crippen LogP contribution in [0.15, 0.2) is 30.3 Å². The lowest BCUT2D eigenvalue weighted by Gasteiger charge is -2.42. The minimum absolute atomic E-state index is 0.564. The second-order valence-corrected chi connectivity index (χ2v) is 6.85. The average molecular weight is 275 g/mol. The highest BCUT2D eigenvalue weighted by Crippen LogP contribution is 2.49. The summed E-state index contributed by atoms with van der Waals surface area (Å²) in [6, 6.07) is 10.9. The van der Waals surface area contributed by atoms with Gasteiger partial charge in [0.1, 0.15) is 6.71 Å². The first kappa shape index (κ1) is 13.6. The van der Waals surface area contributed by atoms with Crippen LogP contribution in [0.2, 0.25) is 18.0 Å². The van der Waals surface area contributed by atoms with Crippen molar-refractivity contribution in [3.63, 3.8) is 0 Å². The van der Waals surface area contributed by atoms with Crippen molar-refractivity contribution in [2.45, 2.75) is 62.4 Å². The van der Waals surface area contributed by atoms with Crippen molar-refractivity contribution in [2.24, 2.45) is 0 Å². The number of hydrogen-bond donors (Lipinski definition) is 0. The molecular weight excluding hydrogens is 250 g/mol. The lowest BCUT2D eigenvalue weighted by molar-refractivity contribution is 0.439. The maximum Gasteiger partial charge on any atom is 0.147 e. The van der Waals surface area contributed by atoms with Gasteiger partial charge in [-0.1, -0.05) is 86.8 Å². The summed E-state index contributed by atoms with van der Waals surface area (Å²) in [5.41, 5.74) is 1.45. The molecule has 0 radical (unpaired) electrons. The molecule has 2 fully saturated rings. The molecule has 0 saturated carbocycles. The van der Waals surface area contributed by atoms with E-state index in [1.165, 1.54) is 50.4 Å². The highest BCUT2D eigenvalue weighted by Gasteiger charge is 2.39. The van der Waals surface area contributed by atoms with Crippen molar-refractivity contribution >= 4 is 18.3 Å². The van der Waals surface area contributed by atoms with Crippen LogP contribution in [-0.2, 0) is 0 Å². The fourth-order valence-corrected chi connectivity index (χ4v) is 4.85. The predicted molar refractivity (Wildman–Crippen MR) is 85.7 cm³/mol. The molecular formula is C17H24BCl. The van der Waals surface area contributed by atoms with E-state index in [1.807, 2.05) is 0 Å². The fraction of sp³-hybridized carbons (Fsp3) is 0.647. The zero-order valence-corrected chi connectivity index (χ0v) is 12.5. The predicted octanol–water partition coefficient (Wildman–Crippen LogP) is 5.61. The third-order valence-electron chi connectivity index (χ3n) is 5.52. The summed E-state index contributed by atoms with van der Waals surface area (Å²) < 4.78 is 0. The van der Waals surface area contributed by atoms with Gasteiger partial charge in [0, 0.05) is 5.88 Å². The van der Waals surface area contributed by atoms with Gasteiger partial charge in [-0.05, 0) is 11.5 Å². The molecule has 1 aromatic carbocycles. The normalized spacial score (nSPS) is 28.2. The molecule has 0 aliphatic carbocycles. The van der Waals surface area contributed by atoms with E-state index in [2.05, 4.69) is 30.3 Å². The Labute approximate surface area is 123 Å². The van der Waals surface area contributed by atoms with Crippen LogP contribution in [0.4, 0.5) is 0 Å². The zero-order valence-electron chi connectivity index (χ0n) is 11.7. The summed E-state index contributed by atoms with van der Waals surface area (Å²) in [6.45, 7) is 0.950. The van der Waals surface area contributed by atoms with Gasteiger partial charge in [-0.3, -0.25) is 0 Å². The smallest absolute Gasteiger partial charge is 0.126 e. The standard InChI is InChI=1S/C17H24BCl/c19-13-15(14-6-2-1-3-7-14)12-18-16-8-4-9-17(18)11-5-10-16/h1-3,6-7,15-17H,4-5,8-13H2. The Balaban J connectivity index is 1.72. The van der Waals surface area contributed by atoms with Gasteiger partial charge in [-0.25, -0.2) is 0 Å². The number of benzene rings is 1. The first-order valence-corrected chi connectivity index (χ1v) is 8.53. The van der Waals surface area contributed by atoms with Gasteiger partial charge in [-0.15, -0.1) is 11.6 Å². The monoisotopic (exact) mass is 274 g/mol. The molecule has 2 bridgehead atoms. The summed E-state index contributed by atoms with van der Waals surface area (Å²) in [7, 11) is 0. The first-order chi connectivity index (χ1) is 9.38. The molecule has 0 aromatic heterocycles. The van der Waals surface area contributed by atoms with Gasteiger partial charge in [0.2, 0.25) is 0 Å². The number of halogens is 1. The Morgan fingerprint density at radius 1 is 1.00 bits per heavy atom. The average Bonchev–Trinajstić information content (AvgIpc) is 2.45. The molecule has 0 spiro atoms. The summed E-state index contributed by atoms with van der Waals surface area (Å²) in [4.78, 5) is 0. The quantitative estimate of drug-likeness (QED) is 0.494. The van der Waals surface area contributed by atoms with Crippen LogP contribution in [0.25, 0.3) is 0 Å². The van der Waals surface area contributed by atoms with Crippen LogP contribution in [-0.4, -0.2) is 12.6 Å². The molecule has 0 N–H and O–H groups in total. The van der Waals surface area contributed by atoms with Crippen molar-refractivity contribution in [3.05, 3.63) is 35.9 Å². The molecule has 102 valence electrons. The zero-order chi connectivity index (χ0) is 13.1. The van der Waals surface area contributed by atoms with Crippen molar-refractivity contribution < 1.29 is 0 Å². The Morgan fingerprint density at radius 3 is 2.11 bits per heavy atom. The highest BCUT2D eigenvalue weighted by atomic mass is 35.5. The highest BCUT2D eigenvalue weighted by molar-refractivity contribution is 6.62. The van der Waals surface area contributed by atoms with Gasteiger partial charge in [0.05, 0.1) is 0 Å². The number of rotatable bonds is 4. The molecule has 2 saturated heterocycles. The van der Waals surface area contributed by atoms with Gasteiger partial charge in [0.25, 0.3) is 0 Å². The molecule has 1 atom stereocenters. The third-order valence-corrected chi connectivity index (χ3v) is 5.90. The third kappa shape index (κ3) is 3.02. The van der Waals surface area contributed by atoms with Crippen LogP contribution in [0.1, 0.15) is 50.0 Å². The Kier molecular flexibility index (Phi) is 4.53. The van der Waals surface area contributed by atoms with Crippen molar-refractivity contribution in [1.82, 2.24) is 0 Å². The van der Waals surface area contributed by atoms with Gasteiger partial charge < -0.3 is 0 Å². The van der Waals surface area contributed by atoms with Crippen LogP contribution in [0, 0.1) is 0 Å². The Bertz CT molecular complexity index is 370. The first-order valence-electron chi connectivity index (χ1n) is 7.99. The number of hydrogen-bond acceptors (Lipinski definition) is 0. The van der Waals surface area contributed by atoms with E-state index in [-0.39, 0.29) is 0 Å². The summed E-state index contributed by atoms with van der Waals surface area (Å²) in [6.07, 6.45) is 10.2. The van der Waals surface area contributed by atoms with E-state index in [9.17, 15) is 0 Å². The van der Waals surface area contributed by atoms with E-state index in [0.29, 0.717) is 5.92 Å². The minimum atomic E-state index is 0.564. The van der Waals surface area contributed by atoms with Gasteiger partial charge >= 0.3 is 0 Å². The molecule has 19 heavy (non-hydrogen) atoms. The van der Waals surface area contributed by atoms with Gasteiger partial charge in [-0.2, -0.15) is 0 Å². The van der Waals surface area contributed by atoms with Crippen LogP contribution in [0.3, 0.4) is 0 Å². The van der Waals surface area contributed by atoms with Gasteiger partial charge in [0.15, 0.2) is 0 Å². The summed E-state index contributed by atoms with van der Waals surface area (Å²) in [5.74, 6) is 3.35. The molecule has 2 heteroatoms. The summed E-state index contributed by atoms with van der Waals surface area (Å²) in [5, 5.41) is 0. The topological polar surface area (TPSA) is 0 Å². The largest absolute Gasteiger partial charge is 0.147 e. The lowest BCUT2D eigenvalue weighted by atomic mass is 9.25. The molecule has 2 aliphatic rings. The maximum absolute atomic E-state index is 6.28. The van der Waals surface area contributed by atoms with Crippen molar-refractivity contribution in [3.8, 4) is 0 Å².